The number of aryl methyl sites for hydroxylation is 1. The van der Waals surface area contributed by atoms with Gasteiger partial charge in [0.25, 0.3) is 0 Å². The van der Waals surface area contributed by atoms with Crippen molar-refractivity contribution in [2.45, 2.75) is 6.92 Å². The van der Waals surface area contributed by atoms with Gasteiger partial charge in [0, 0.05) is 11.1 Å². The Morgan fingerprint density at radius 1 is 0.964 bits per heavy atom. The Morgan fingerprint density at radius 2 is 1.68 bits per heavy atom. The molecule has 8 nitrogen and oxygen atoms in total. The van der Waals surface area contributed by atoms with E-state index >= 15 is 0 Å². The van der Waals surface area contributed by atoms with Crippen molar-refractivity contribution >= 4 is 11.4 Å². The number of nitrogens with zero attached hydrogens (tertiary/aromatic N) is 1. The van der Waals surface area contributed by atoms with E-state index in [0.717, 1.165) is 11.1 Å². The van der Waals surface area contributed by atoms with Crippen LogP contribution in [0.4, 0.5) is 0 Å². The smallest absolute Gasteiger partial charge is 0.357 e. The summed E-state index contributed by atoms with van der Waals surface area (Å²) in [6.07, 6.45) is 1.49. The minimum absolute atomic E-state index is 0.122. The predicted octanol–water partition coefficient (Wildman–Crippen LogP) is 3.86. The number of methoxy groups -OCH3 is 3. The lowest BCUT2D eigenvalue weighted by atomic mass is 9.99. The summed E-state index contributed by atoms with van der Waals surface area (Å²) < 4.78 is 46.2. The van der Waals surface area contributed by atoms with E-state index in [-0.39, 0.29) is 5.75 Å². The molecular weight excluding hydrogens is 386 g/mol. The first-order chi connectivity index (χ1) is 13.5. The Bertz CT molecular complexity index is 1020. The summed E-state index contributed by atoms with van der Waals surface area (Å²) in [6.45, 7) is 1.90. The van der Waals surface area contributed by atoms with Crippen LogP contribution in [-0.2, 0) is 11.4 Å². The summed E-state index contributed by atoms with van der Waals surface area (Å²) in [5.74, 6) is 1.66. The molecule has 0 saturated heterocycles. The quantitative estimate of drug-likeness (QED) is 0.592. The maximum atomic E-state index is 11.1. The van der Waals surface area contributed by atoms with E-state index in [1.807, 2.05) is 13.0 Å². The highest BCUT2D eigenvalue weighted by atomic mass is 32.2. The first-order valence-corrected chi connectivity index (χ1v) is 9.16. The zero-order chi connectivity index (χ0) is 20.3. The molecule has 1 heterocycles. The summed E-state index contributed by atoms with van der Waals surface area (Å²) >= 11 is -2.49. The van der Waals surface area contributed by atoms with Gasteiger partial charge in [-0.1, -0.05) is 11.2 Å². The average Bonchev–Trinajstić information content (AvgIpc) is 3.16. The van der Waals surface area contributed by atoms with Crippen LogP contribution >= 0.6 is 0 Å². The molecule has 0 amide bonds. The van der Waals surface area contributed by atoms with Gasteiger partial charge in [0.15, 0.2) is 23.0 Å². The van der Waals surface area contributed by atoms with Gasteiger partial charge in [-0.05, 0) is 42.3 Å². The van der Waals surface area contributed by atoms with Gasteiger partial charge >= 0.3 is 11.4 Å². The van der Waals surface area contributed by atoms with Crippen molar-refractivity contribution in [2.24, 2.45) is 0 Å². The van der Waals surface area contributed by atoms with Crippen LogP contribution in [0, 0.1) is 6.92 Å². The first kappa shape index (κ1) is 19.7. The highest BCUT2D eigenvalue weighted by Crippen LogP contribution is 2.40. The molecule has 0 spiro atoms. The van der Waals surface area contributed by atoms with E-state index in [1.165, 1.54) is 13.4 Å². The second-order valence-corrected chi connectivity index (χ2v) is 6.37. The van der Waals surface area contributed by atoms with Crippen LogP contribution < -0.4 is 18.4 Å². The van der Waals surface area contributed by atoms with Crippen molar-refractivity contribution in [2.75, 3.05) is 21.3 Å². The molecule has 3 rings (SSSR count). The summed E-state index contributed by atoms with van der Waals surface area (Å²) in [4.78, 5) is 0. The van der Waals surface area contributed by atoms with Gasteiger partial charge in [0.2, 0.25) is 0 Å². The zero-order valence-electron chi connectivity index (χ0n) is 15.7. The van der Waals surface area contributed by atoms with Gasteiger partial charge in [-0.2, -0.15) is 4.21 Å². The topological polar surface area (TPSA) is 100 Å². The Morgan fingerprint density at radius 3 is 2.32 bits per heavy atom. The Labute approximate surface area is 164 Å². The lowest BCUT2D eigenvalue weighted by molar-refractivity contribution is 0.353. The molecule has 1 aromatic heterocycles. The summed E-state index contributed by atoms with van der Waals surface area (Å²) in [6, 6.07) is 8.70. The van der Waals surface area contributed by atoms with Crippen LogP contribution in [0.1, 0.15) is 5.56 Å². The molecule has 148 valence electrons. The lowest BCUT2D eigenvalue weighted by Crippen LogP contribution is -2.00. The van der Waals surface area contributed by atoms with E-state index in [0.29, 0.717) is 34.1 Å². The Kier molecular flexibility index (Phi) is 5.86. The molecule has 9 heteroatoms. The second-order valence-electron chi connectivity index (χ2n) is 5.77. The first-order valence-electron chi connectivity index (χ1n) is 8.13. The SMILES string of the molecule is COc1ccc(-c2conc2-c2cc(C)c(OC)c(OC)c2)cc1OS(=O)O. The maximum absolute atomic E-state index is 11.1. The van der Waals surface area contributed by atoms with Crippen molar-refractivity contribution < 1.29 is 31.7 Å². The van der Waals surface area contributed by atoms with Crippen molar-refractivity contribution in [1.29, 1.82) is 0 Å². The summed E-state index contributed by atoms with van der Waals surface area (Å²) in [5, 5.41) is 4.12. The molecule has 1 atom stereocenters. The van der Waals surface area contributed by atoms with Crippen molar-refractivity contribution in [3.8, 4) is 45.4 Å². The summed E-state index contributed by atoms with van der Waals surface area (Å²) in [5.41, 5.74) is 3.56. The van der Waals surface area contributed by atoms with Crippen LogP contribution in [0.3, 0.4) is 0 Å². The van der Waals surface area contributed by atoms with Crippen LogP contribution in [0.5, 0.6) is 23.0 Å². The molecule has 0 aliphatic carbocycles. The van der Waals surface area contributed by atoms with Crippen LogP contribution in [0.25, 0.3) is 22.4 Å². The standard InChI is InChI=1S/C19H19NO7S/c1-11-7-13(9-17(24-3)19(11)25-4)18-14(10-26-20-18)12-5-6-15(23-2)16(8-12)27-28(21)22/h5-10H,1-4H3,(H,21,22). The number of rotatable bonds is 7. The molecule has 0 fully saturated rings. The van der Waals surface area contributed by atoms with Crippen molar-refractivity contribution in [1.82, 2.24) is 5.16 Å². The Balaban J connectivity index is 2.10. The third-order valence-electron chi connectivity index (χ3n) is 4.14. The molecule has 1 unspecified atom stereocenters. The highest BCUT2D eigenvalue weighted by Gasteiger charge is 2.18. The molecule has 0 aliphatic heterocycles. The van der Waals surface area contributed by atoms with Crippen molar-refractivity contribution in [3.05, 3.63) is 42.2 Å². The van der Waals surface area contributed by atoms with E-state index in [4.69, 9.17) is 27.5 Å². The molecule has 1 N–H and O–H groups in total. The average molecular weight is 405 g/mol. The molecule has 0 radical (unpaired) electrons. The molecule has 0 bridgehead atoms. The fourth-order valence-electron chi connectivity index (χ4n) is 2.93. The number of ether oxygens (including phenoxy) is 3. The molecule has 3 aromatic rings. The molecular formula is C19H19NO7S. The van der Waals surface area contributed by atoms with Gasteiger partial charge in [0.05, 0.1) is 21.3 Å². The normalized spacial score (nSPS) is 11.8. The highest BCUT2D eigenvalue weighted by molar-refractivity contribution is 7.74. The van der Waals surface area contributed by atoms with Gasteiger partial charge in [0.1, 0.15) is 12.0 Å². The fourth-order valence-corrected chi connectivity index (χ4v) is 3.21. The van der Waals surface area contributed by atoms with Gasteiger partial charge in [-0.3, -0.25) is 4.55 Å². The van der Waals surface area contributed by atoms with E-state index < -0.39 is 11.4 Å². The molecule has 0 saturated carbocycles. The summed E-state index contributed by atoms with van der Waals surface area (Å²) in [7, 11) is 4.59. The number of hydrogen-bond donors (Lipinski definition) is 1. The molecule has 0 aliphatic rings. The van der Waals surface area contributed by atoms with Gasteiger partial charge in [-0.25, -0.2) is 0 Å². The van der Waals surface area contributed by atoms with Crippen LogP contribution in [0.15, 0.2) is 41.1 Å². The van der Waals surface area contributed by atoms with Crippen LogP contribution in [0.2, 0.25) is 0 Å². The molecule has 2 aromatic carbocycles. The van der Waals surface area contributed by atoms with Gasteiger partial charge in [-0.15, -0.1) is 0 Å². The lowest BCUT2D eigenvalue weighted by Gasteiger charge is -2.13. The van der Waals surface area contributed by atoms with Gasteiger partial charge < -0.3 is 22.9 Å². The van der Waals surface area contributed by atoms with Crippen LogP contribution in [-0.4, -0.2) is 35.2 Å². The van der Waals surface area contributed by atoms with E-state index in [9.17, 15) is 4.21 Å². The largest absolute Gasteiger partial charge is 0.493 e. The maximum Gasteiger partial charge on any atom is 0.357 e. The minimum Gasteiger partial charge on any atom is -0.493 e. The fraction of sp³-hybridized carbons (Fsp3) is 0.211. The molecule has 28 heavy (non-hydrogen) atoms. The number of benzene rings is 2. The third kappa shape index (κ3) is 3.80. The number of hydrogen-bond acceptors (Lipinski definition) is 7. The monoisotopic (exact) mass is 405 g/mol. The Hall–Kier alpha value is -3.04. The zero-order valence-corrected chi connectivity index (χ0v) is 16.5. The van der Waals surface area contributed by atoms with E-state index in [2.05, 4.69) is 5.16 Å². The number of aromatic nitrogens is 1. The minimum atomic E-state index is -2.49. The predicted molar refractivity (Wildman–Crippen MR) is 103 cm³/mol. The van der Waals surface area contributed by atoms with Crippen molar-refractivity contribution in [3.63, 3.8) is 0 Å². The second kappa shape index (κ2) is 8.32. The third-order valence-corrected chi connectivity index (χ3v) is 4.47. The van der Waals surface area contributed by atoms with E-state index in [1.54, 1.807) is 38.5 Å².